The van der Waals surface area contributed by atoms with Crippen LogP contribution >= 0.6 is 0 Å². The van der Waals surface area contributed by atoms with Crippen LogP contribution in [0.25, 0.3) is 11.4 Å². The van der Waals surface area contributed by atoms with Gasteiger partial charge >= 0.3 is 6.18 Å². The predicted molar refractivity (Wildman–Crippen MR) is 114 cm³/mol. The van der Waals surface area contributed by atoms with E-state index in [1.54, 1.807) is 4.90 Å². The third kappa shape index (κ3) is 6.77. The summed E-state index contributed by atoms with van der Waals surface area (Å²) >= 11 is 0. The van der Waals surface area contributed by atoms with Crippen LogP contribution in [0.5, 0.6) is 0 Å². The Kier molecular flexibility index (Phi) is 7.41. The maximum Gasteiger partial charge on any atom is 0.416 e. The maximum atomic E-state index is 12.9. The molecular weight excluding hydrogens is 439 g/mol. The van der Waals surface area contributed by atoms with Crippen molar-refractivity contribution in [2.45, 2.75) is 39.9 Å². The number of carbonyl (C=O) groups excluding carboxylic acids is 2. The van der Waals surface area contributed by atoms with Crippen molar-refractivity contribution in [3.05, 3.63) is 35.7 Å². The first-order valence-electron chi connectivity index (χ1n) is 10.7. The van der Waals surface area contributed by atoms with E-state index in [4.69, 9.17) is 4.52 Å². The number of hydrogen-bond donors (Lipinski definition) is 1. The highest BCUT2D eigenvalue weighted by Gasteiger charge is 2.31. The Bertz CT molecular complexity index is 976. The van der Waals surface area contributed by atoms with Gasteiger partial charge in [-0.25, -0.2) is 0 Å². The molecule has 180 valence electrons. The molecule has 0 aliphatic carbocycles. The van der Waals surface area contributed by atoms with Crippen molar-refractivity contribution in [3.8, 4) is 11.4 Å². The number of benzene rings is 1. The van der Waals surface area contributed by atoms with E-state index in [1.807, 2.05) is 25.7 Å². The summed E-state index contributed by atoms with van der Waals surface area (Å²) in [6.07, 6.45) is -4.20. The van der Waals surface area contributed by atoms with Gasteiger partial charge in [0, 0.05) is 50.1 Å². The number of aromatic nitrogens is 2. The van der Waals surface area contributed by atoms with Crippen LogP contribution in [0.4, 0.5) is 13.2 Å². The minimum atomic E-state index is -4.45. The average molecular weight is 467 g/mol. The minimum Gasteiger partial charge on any atom is -0.355 e. The fraction of sp³-hybridized carbons (Fsp3) is 0.545. The molecule has 1 fully saturated rings. The zero-order chi connectivity index (χ0) is 24.2. The molecule has 1 aromatic carbocycles. The number of rotatable bonds is 6. The SMILES string of the molecule is CC(C)(C)C(=O)NCCC(=O)N1CCN(Cc2nc(-c3cccc(C(F)(F)F)c3)no2)CC1. The normalized spacial score (nSPS) is 15.5. The van der Waals surface area contributed by atoms with Gasteiger partial charge in [-0.15, -0.1) is 0 Å². The van der Waals surface area contributed by atoms with Crippen molar-refractivity contribution < 1.29 is 27.3 Å². The lowest BCUT2D eigenvalue weighted by atomic mass is 9.96. The Balaban J connectivity index is 1.47. The Morgan fingerprint density at radius 2 is 1.82 bits per heavy atom. The van der Waals surface area contributed by atoms with Crippen LogP contribution in [0.1, 0.15) is 38.6 Å². The molecule has 2 aromatic rings. The second kappa shape index (κ2) is 9.90. The van der Waals surface area contributed by atoms with Gasteiger partial charge in [-0.3, -0.25) is 14.5 Å². The Labute approximate surface area is 190 Å². The number of halogens is 3. The maximum absolute atomic E-state index is 12.9. The van der Waals surface area contributed by atoms with E-state index >= 15 is 0 Å². The van der Waals surface area contributed by atoms with Gasteiger partial charge in [-0.2, -0.15) is 18.2 Å². The van der Waals surface area contributed by atoms with Crippen molar-refractivity contribution in [1.82, 2.24) is 25.3 Å². The van der Waals surface area contributed by atoms with Crippen molar-refractivity contribution in [2.24, 2.45) is 5.41 Å². The first-order chi connectivity index (χ1) is 15.4. The van der Waals surface area contributed by atoms with Crippen LogP contribution in [-0.4, -0.2) is 64.5 Å². The van der Waals surface area contributed by atoms with Crippen molar-refractivity contribution in [3.63, 3.8) is 0 Å². The number of piperazine rings is 1. The second-order valence-corrected chi connectivity index (χ2v) is 9.00. The molecule has 0 spiro atoms. The van der Waals surface area contributed by atoms with Crippen molar-refractivity contribution in [2.75, 3.05) is 32.7 Å². The van der Waals surface area contributed by atoms with Gasteiger partial charge < -0.3 is 14.7 Å². The first-order valence-corrected chi connectivity index (χ1v) is 10.7. The topological polar surface area (TPSA) is 91.6 Å². The lowest BCUT2D eigenvalue weighted by Crippen LogP contribution is -2.49. The standard InChI is InChI=1S/C22H28F3N5O3/c1-21(2,3)20(32)26-8-7-18(31)30-11-9-29(10-12-30)14-17-27-19(28-33-17)15-5-4-6-16(13-15)22(23,24)25/h4-6,13H,7-12,14H2,1-3H3,(H,26,32). The average Bonchev–Trinajstić information content (AvgIpc) is 3.21. The molecule has 1 aliphatic rings. The molecular formula is C22H28F3N5O3. The molecule has 3 rings (SSSR count). The summed E-state index contributed by atoms with van der Waals surface area (Å²) in [5, 5.41) is 6.58. The van der Waals surface area contributed by atoms with E-state index in [0.717, 1.165) is 12.1 Å². The van der Waals surface area contributed by atoms with Crippen LogP contribution in [0, 0.1) is 5.41 Å². The van der Waals surface area contributed by atoms with Gasteiger partial charge in [0.15, 0.2) is 0 Å². The first kappa shape index (κ1) is 24.7. The highest BCUT2D eigenvalue weighted by atomic mass is 19.4. The molecule has 0 atom stereocenters. The van der Waals surface area contributed by atoms with Crippen molar-refractivity contribution >= 4 is 11.8 Å². The van der Waals surface area contributed by atoms with E-state index in [2.05, 4.69) is 15.5 Å². The van der Waals surface area contributed by atoms with Gasteiger partial charge in [0.2, 0.25) is 23.5 Å². The summed E-state index contributed by atoms with van der Waals surface area (Å²) in [7, 11) is 0. The van der Waals surface area contributed by atoms with E-state index in [0.29, 0.717) is 45.2 Å². The summed E-state index contributed by atoms with van der Waals surface area (Å²) in [6.45, 7) is 8.34. The Morgan fingerprint density at radius 3 is 2.45 bits per heavy atom. The van der Waals surface area contributed by atoms with Gasteiger partial charge in [0.1, 0.15) is 0 Å². The van der Waals surface area contributed by atoms with Gasteiger partial charge in [-0.1, -0.05) is 38.1 Å². The fourth-order valence-electron chi connectivity index (χ4n) is 3.32. The quantitative estimate of drug-likeness (QED) is 0.703. The molecule has 2 amide bonds. The van der Waals surface area contributed by atoms with Gasteiger partial charge in [-0.05, 0) is 12.1 Å². The third-order valence-electron chi connectivity index (χ3n) is 5.31. The van der Waals surface area contributed by atoms with Crippen LogP contribution in [0.15, 0.2) is 28.8 Å². The second-order valence-electron chi connectivity index (χ2n) is 9.00. The lowest BCUT2D eigenvalue weighted by Gasteiger charge is -2.34. The van der Waals surface area contributed by atoms with E-state index in [-0.39, 0.29) is 29.6 Å². The van der Waals surface area contributed by atoms with Gasteiger partial charge in [0.25, 0.3) is 0 Å². The molecule has 0 bridgehead atoms. The number of nitrogens with one attached hydrogen (secondary N) is 1. The molecule has 0 unspecified atom stereocenters. The summed E-state index contributed by atoms with van der Waals surface area (Å²) in [4.78, 5) is 32.3. The zero-order valence-corrected chi connectivity index (χ0v) is 18.9. The molecule has 1 aliphatic heterocycles. The van der Waals surface area contributed by atoms with E-state index < -0.39 is 17.2 Å². The van der Waals surface area contributed by atoms with Crippen LogP contribution in [0.2, 0.25) is 0 Å². The molecule has 0 radical (unpaired) electrons. The molecule has 0 saturated carbocycles. The summed E-state index contributed by atoms with van der Waals surface area (Å²) < 4.78 is 44.0. The zero-order valence-electron chi connectivity index (χ0n) is 18.9. The van der Waals surface area contributed by atoms with Crippen molar-refractivity contribution in [1.29, 1.82) is 0 Å². The molecule has 11 heteroatoms. The Hall–Kier alpha value is -2.95. The number of alkyl halides is 3. The summed E-state index contributed by atoms with van der Waals surface area (Å²) in [5.74, 6) is 0.284. The minimum absolute atomic E-state index is 0.0199. The number of amides is 2. The molecule has 2 heterocycles. The summed E-state index contributed by atoms with van der Waals surface area (Å²) in [5.41, 5.74) is -1.04. The summed E-state index contributed by atoms with van der Waals surface area (Å²) in [6, 6.07) is 4.78. The highest BCUT2D eigenvalue weighted by molar-refractivity contribution is 5.82. The lowest BCUT2D eigenvalue weighted by molar-refractivity contribution is -0.137. The molecule has 1 N–H and O–H groups in total. The molecule has 33 heavy (non-hydrogen) atoms. The molecule has 1 saturated heterocycles. The van der Waals surface area contributed by atoms with Crippen LogP contribution < -0.4 is 5.32 Å². The van der Waals surface area contributed by atoms with Crippen LogP contribution in [-0.2, 0) is 22.3 Å². The number of carbonyl (C=O) groups is 2. The molecule has 1 aromatic heterocycles. The van der Waals surface area contributed by atoms with Crippen LogP contribution in [0.3, 0.4) is 0 Å². The fourth-order valence-corrected chi connectivity index (χ4v) is 3.32. The van der Waals surface area contributed by atoms with E-state index in [9.17, 15) is 22.8 Å². The van der Waals surface area contributed by atoms with Gasteiger partial charge in [0.05, 0.1) is 12.1 Å². The number of nitrogens with zero attached hydrogens (tertiary/aromatic N) is 4. The Morgan fingerprint density at radius 1 is 1.12 bits per heavy atom. The number of hydrogen-bond acceptors (Lipinski definition) is 6. The molecule has 8 nitrogen and oxygen atoms in total. The predicted octanol–water partition coefficient (Wildman–Crippen LogP) is 2.95. The van der Waals surface area contributed by atoms with E-state index in [1.165, 1.54) is 12.1 Å². The highest BCUT2D eigenvalue weighted by Crippen LogP contribution is 2.31. The largest absolute Gasteiger partial charge is 0.416 e. The monoisotopic (exact) mass is 467 g/mol. The third-order valence-corrected chi connectivity index (χ3v) is 5.31. The smallest absolute Gasteiger partial charge is 0.355 e.